The first kappa shape index (κ1) is 13.5. The average Bonchev–Trinajstić information content (AvgIpc) is 2.65. The second kappa shape index (κ2) is 4.82. The zero-order valence-corrected chi connectivity index (χ0v) is 11.3. The molecule has 1 aliphatic heterocycles. The average molecular weight is 278 g/mol. The molecule has 1 spiro atoms. The van der Waals surface area contributed by atoms with Crippen molar-refractivity contribution in [2.75, 3.05) is 11.4 Å². The van der Waals surface area contributed by atoms with E-state index in [1.54, 1.807) is 17.0 Å². The number of benzene rings is 1. The fraction of sp³-hybridized carbons (Fsp3) is 0.533. The molecule has 5 heteroatoms. The van der Waals surface area contributed by atoms with Crippen LogP contribution in [0, 0.1) is 11.2 Å². The number of carbonyl (C=O) groups is 1. The van der Waals surface area contributed by atoms with Crippen molar-refractivity contribution in [1.29, 1.82) is 0 Å². The van der Waals surface area contributed by atoms with Gasteiger partial charge < -0.3 is 15.7 Å². The minimum absolute atomic E-state index is 0.0303. The third-order valence-electron chi connectivity index (χ3n) is 4.49. The summed E-state index contributed by atoms with van der Waals surface area (Å²) in [7, 11) is 0. The van der Waals surface area contributed by atoms with Crippen molar-refractivity contribution in [3.8, 4) is 0 Å². The molecule has 3 unspecified atom stereocenters. The number of rotatable bonds is 1. The molecular formula is C15H19FN2O2. The molecule has 2 aliphatic rings. The van der Waals surface area contributed by atoms with Gasteiger partial charge >= 0.3 is 0 Å². The van der Waals surface area contributed by atoms with Gasteiger partial charge in [0, 0.05) is 18.3 Å². The lowest BCUT2D eigenvalue weighted by Gasteiger charge is -2.37. The van der Waals surface area contributed by atoms with Crippen LogP contribution in [-0.4, -0.2) is 29.7 Å². The zero-order chi connectivity index (χ0) is 14.3. The first-order chi connectivity index (χ1) is 9.50. The molecule has 1 aromatic carbocycles. The Balaban J connectivity index is 1.87. The van der Waals surface area contributed by atoms with Gasteiger partial charge in [0.2, 0.25) is 5.91 Å². The molecule has 4 nitrogen and oxygen atoms in total. The highest BCUT2D eigenvalue weighted by Gasteiger charge is 2.51. The minimum atomic E-state index is -0.566. The van der Waals surface area contributed by atoms with Gasteiger partial charge in [-0.15, -0.1) is 0 Å². The van der Waals surface area contributed by atoms with Gasteiger partial charge in [-0.2, -0.15) is 0 Å². The Kier molecular flexibility index (Phi) is 3.26. The molecule has 3 atom stereocenters. The highest BCUT2D eigenvalue weighted by molar-refractivity contribution is 6.00. The number of hydrogen-bond acceptors (Lipinski definition) is 3. The Labute approximate surface area is 117 Å². The SMILES string of the molecule is NC1CC(O)CC2(CCN(c3cccc(F)c3)C2=O)C1. The summed E-state index contributed by atoms with van der Waals surface area (Å²) in [5.41, 5.74) is 5.98. The van der Waals surface area contributed by atoms with Crippen molar-refractivity contribution < 1.29 is 14.3 Å². The Hall–Kier alpha value is -1.46. The molecule has 1 heterocycles. The van der Waals surface area contributed by atoms with Crippen LogP contribution in [0.25, 0.3) is 0 Å². The van der Waals surface area contributed by atoms with Gasteiger partial charge in [0.05, 0.1) is 11.5 Å². The first-order valence-corrected chi connectivity index (χ1v) is 7.01. The van der Waals surface area contributed by atoms with E-state index in [-0.39, 0.29) is 17.8 Å². The lowest BCUT2D eigenvalue weighted by atomic mass is 9.70. The Morgan fingerprint density at radius 1 is 1.40 bits per heavy atom. The number of anilines is 1. The number of aliphatic hydroxyl groups excluding tert-OH is 1. The van der Waals surface area contributed by atoms with Crippen LogP contribution in [0.15, 0.2) is 24.3 Å². The second-order valence-electron chi connectivity index (χ2n) is 6.02. The number of hydrogen-bond donors (Lipinski definition) is 2. The molecule has 3 N–H and O–H groups in total. The largest absolute Gasteiger partial charge is 0.393 e. The Morgan fingerprint density at radius 2 is 2.20 bits per heavy atom. The monoisotopic (exact) mass is 278 g/mol. The van der Waals surface area contributed by atoms with Crippen LogP contribution < -0.4 is 10.6 Å². The summed E-state index contributed by atoms with van der Waals surface area (Å²) in [6.07, 6.45) is 1.78. The second-order valence-corrected chi connectivity index (χ2v) is 6.02. The molecule has 3 rings (SSSR count). The van der Waals surface area contributed by atoms with Crippen molar-refractivity contribution in [3.05, 3.63) is 30.1 Å². The number of nitrogens with two attached hydrogens (primary N) is 1. The van der Waals surface area contributed by atoms with Crippen molar-refractivity contribution in [2.24, 2.45) is 11.1 Å². The Morgan fingerprint density at radius 3 is 2.90 bits per heavy atom. The normalized spacial score (nSPS) is 34.0. The van der Waals surface area contributed by atoms with Crippen molar-refractivity contribution in [3.63, 3.8) is 0 Å². The molecule has 108 valence electrons. The lowest BCUT2D eigenvalue weighted by Crippen LogP contribution is -2.46. The third kappa shape index (κ3) is 2.21. The molecule has 1 aliphatic carbocycles. The fourth-order valence-corrected chi connectivity index (χ4v) is 3.64. The fourth-order valence-electron chi connectivity index (χ4n) is 3.64. The molecule has 20 heavy (non-hydrogen) atoms. The molecule has 1 saturated carbocycles. The summed E-state index contributed by atoms with van der Waals surface area (Å²) in [5, 5.41) is 9.91. The number of carbonyl (C=O) groups excluding carboxylic acids is 1. The van der Waals surface area contributed by atoms with Gasteiger partial charge in [-0.25, -0.2) is 4.39 Å². The molecule has 0 radical (unpaired) electrons. The third-order valence-corrected chi connectivity index (χ3v) is 4.49. The van der Waals surface area contributed by atoms with Gasteiger partial charge in [-0.1, -0.05) is 6.07 Å². The highest BCUT2D eigenvalue weighted by Crippen LogP contribution is 2.45. The summed E-state index contributed by atoms with van der Waals surface area (Å²) < 4.78 is 13.3. The smallest absolute Gasteiger partial charge is 0.233 e. The van der Waals surface area contributed by atoms with Crippen LogP contribution >= 0.6 is 0 Å². The van der Waals surface area contributed by atoms with Crippen molar-refractivity contribution >= 4 is 11.6 Å². The minimum Gasteiger partial charge on any atom is -0.393 e. The van der Waals surface area contributed by atoms with Gasteiger partial charge in [0.25, 0.3) is 0 Å². The van der Waals surface area contributed by atoms with Crippen LogP contribution in [0.3, 0.4) is 0 Å². The van der Waals surface area contributed by atoms with E-state index in [2.05, 4.69) is 0 Å². The van der Waals surface area contributed by atoms with E-state index in [4.69, 9.17) is 5.73 Å². The molecular weight excluding hydrogens is 259 g/mol. The Bertz CT molecular complexity index is 524. The maximum absolute atomic E-state index is 13.3. The van der Waals surface area contributed by atoms with Crippen molar-refractivity contribution in [2.45, 2.75) is 37.8 Å². The summed E-state index contributed by atoms with van der Waals surface area (Å²) >= 11 is 0. The van der Waals surface area contributed by atoms with Crippen molar-refractivity contribution in [1.82, 2.24) is 0 Å². The van der Waals surface area contributed by atoms with E-state index in [0.717, 1.165) is 0 Å². The predicted molar refractivity (Wildman–Crippen MR) is 73.6 cm³/mol. The summed E-state index contributed by atoms with van der Waals surface area (Å²) in [5.74, 6) is -0.381. The number of nitrogens with zero attached hydrogens (tertiary/aromatic N) is 1. The maximum atomic E-state index is 13.3. The number of halogens is 1. The van der Waals surface area contributed by atoms with Gasteiger partial charge in [0.15, 0.2) is 0 Å². The molecule has 2 fully saturated rings. The molecule has 0 bridgehead atoms. The van der Waals surface area contributed by atoms with E-state index in [1.165, 1.54) is 12.1 Å². The van der Waals surface area contributed by atoms with Gasteiger partial charge in [-0.3, -0.25) is 4.79 Å². The summed E-state index contributed by atoms with van der Waals surface area (Å²) in [4.78, 5) is 14.3. The number of aliphatic hydroxyl groups is 1. The predicted octanol–water partition coefficient (Wildman–Crippen LogP) is 1.42. The molecule has 0 aromatic heterocycles. The standard InChI is InChI=1S/C15H19FN2O2/c16-10-2-1-3-12(6-10)18-5-4-15(14(18)20)8-11(17)7-13(19)9-15/h1-3,6,11,13,19H,4-5,7-9,17H2. The van der Waals surface area contributed by atoms with E-state index in [0.29, 0.717) is 37.9 Å². The molecule has 1 amide bonds. The lowest BCUT2D eigenvalue weighted by molar-refractivity contribution is -0.129. The maximum Gasteiger partial charge on any atom is 0.233 e. The van der Waals surface area contributed by atoms with Crippen LogP contribution in [-0.2, 0) is 4.79 Å². The zero-order valence-electron chi connectivity index (χ0n) is 11.3. The number of amides is 1. The van der Waals surface area contributed by atoms with Gasteiger partial charge in [0.1, 0.15) is 5.82 Å². The molecule has 1 saturated heterocycles. The molecule has 1 aromatic rings. The topological polar surface area (TPSA) is 66.6 Å². The van der Waals surface area contributed by atoms with Crippen LogP contribution in [0.4, 0.5) is 10.1 Å². The highest BCUT2D eigenvalue weighted by atomic mass is 19.1. The van der Waals surface area contributed by atoms with E-state index >= 15 is 0 Å². The van der Waals surface area contributed by atoms with E-state index in [9.17, 15) is 14.3 Å². The summed E-state index contributed by atoms with van der Waals surface area (Å²) in [6.45, 7) is 0.557. The van der Waals surface area contributed by atoms with Crippen LogP contribution in [0.2, 0.25) is 0 Å². The summed E-state index contributed by atoms with van der Waals surface area (Å²) in [6, 6.07) is 5.93. The van der Waals surface area contributed by atoms with Crippen LogP contribution in [0.5, 0.6) is 0 Å². The first-order valence-electron chi connectivity index (χ1n) is 7.01. The van der Waals surface area contributed by atoms with E-state index in [1.807, 2.05) is 0 Å². The quantitative estimate of drug-likeness (QED) is 0.816. The van der Waals surface area contributed by atoms with Crippen LogP contribution in [0.1, 0.15) is 25.7 Å². The van der Waals surface area contributed by atoms with Gasteiger partial charge in [-0.05, 0) is 43.9 Å². The van der Waals surface area contributed by atoms with E-state index < -0.39 is 11.5 Å².